The zero-order valence-corrected chi connectivity index (χ0v) is 21.3. The average Bonchev–Trinajstić information content (AvgIpc) is 3.06. The average molecular weight is 487 g/mol. The Morgan fingerprint density at radius 1 is 1.12 bits per heavy atom. The largest absolute Gasteiger partial charge is 0.346 e. The van der Waals surface area contributed by atoms with Gasteiger partial charge in [0, 0.05) is 17.1 Å². The molecule has 0 saturated heterocycles. The van der Waals surface area contributed by atoms with Crippen LogP contribution in [0.4, 0.5) is 5.69 Å². The Morgan fingerprint density at radius 3 is 2.48 bits per heavy atom. The number of aromatic nitrogens is 2. The predicted octanol–water partition coefficient (Wildman–Crippen LogP) is 4.34. The number of fused-ring (bicyclic) bond motifs is 1. The Morgan fingerprint density at radius 2 is 1.82 bits per heavy atom. The van der Waals surface area contributed by atoms with Crippen LogP contribution in [0.5, 0.6) is 0 Å². The van der Waals surface area contributed by atoms with Crippen LogP contribution < -0.4 is 16.2 Å². The molecule has 0 radical (unpaired) electrons. The fourth-order valence-corrected chi connectivity index (χ4v) is 5.41. The third-order valence-electron chi connectivity index (χ3n) is 5.51. The van der Waals surface area contributed by atoms with Gasteiger partial charge in [-0.2, -0.15) is 0 Å². The lowest BCUT2D eigenvalue weighted by Crippen LogP contribution is -2.34. The number of thioether (sulfide) groups is 1. The van der Waals surface area contributed by atoms with E-state index in [0.29, 0.717) is 21.9 Å². The number of thiophene rings is 1. The van der Waals surface area contributed by atoms with Crippen LogP contribution in [0.2, 0.25) is 0 Å². The lowest BCUT2D eigenvalue weighted by Gasteiger charge is -2.13. The number of hydrogen-bond acceptors (Lipinski definition) is 6. The highest BCUT2D eigenvalue weighted by Gasteiger charge is 2.18. The van der Waals surface area contributed by atoms with Crippen molar-refractivity contribution in [2.45, 2.75) is 59.2 Å². The molecule has 0 aliphatic carbocycles. The first-order valence-corrected chi connectivity index (χ1v) is 12.8. The van der Waals surface area contributed by atoms with Crippen molar-refractivity contribution >= 4 is 50.8 Å². The van der Waals surface area contributed by atoms with Gasteiger partial charge in [0.2, 0.25) is 11.8 Å². The number of rotatable bonds is 9. The molecule has 0 aliphatic rings. The topological polar surface area (TPSA) is 93.1 Å². The summed E-state index contributed by atoms with van der Waals surface area (Å²) in [6.07, 6.45) is 1.81. The first kappa shape index (κ1) is 25.0. The molecule has 2 heterocycles. The number of aryl methyl sites for hydroxylation is 4. The van der Waals surface area contributed by atoms with Crippen molar-refractivity contribution in [3.63, 3.8) is 0 Å². The summed E-state index contributed by atoms with van der Waals surface area (Å²) in [6.45, 7) is 10.3. The van der Waals surface area contributed by atoms with Gasteiger partial charge in [0.15, 0.2) is 5.16 Å². The minimum Gasteiger partial charge on any atom is -0.346 e. The van der Waals surface area contributed by atoms with Crippen molar-refractivity contribution in [2.75, 3.05) is 17.6 Å². The highest BCUT2D eigenvalue weighted by molar-refractivity contribution is 7.99. The lowest BCUT2D eigenvalue weighted by atomic mass is 10.1. The van der Waals surface area contributed by atoms with Crippen molar-refractivity contribution in [3.05, 3.63) is 50.1 Å². The fraction of sp³-hybridized carbons (Fsp3) is 0.417. The summed E-state index contributed by atoms with van der Waals surface area (Å²) in [4.78, 5) is 44.3. The molecule has 3 rings (SSSR count). The SMILES string of the molecule is CCCCn1c(SCC(=O)NCC(=O)Nc2c(C)cccc2C)nc2sc(C)c(C)c2c1=O. The molecule has 2 amide bonds. The number of unbranched alkanes of at least 4 members (excludes halogenated alkanes) is 1. The summed E-state index contributed by atoms with van der Waals surface area (Å²) >= 11 is 2.72. The summed E-state index contributed by atoms with van der Waals surface area (Å²) in [5.74, 6) is -0.495. The van der Waals surface area contributed by atoms with Gasteiger partial charge in [0.1, 0.15) is 4.83 Å². The standard InChI is InChI=1S/C24H30N4O3S2/c1-6-7-11-28-23(31)20-16(4)17(5)33-22(20)27-24(28)32-13-19(30)25-12-18(29)26-21-14(2)9-8-10-15(21)3/h8-10H,6-7,11-13H2,1-5H3,(H,25,30)(H,26,29). The van der Waals surface area contributed by atoms with Gasteiger partial charge in [-0.3, -0.25) is 19.0 Å². The van der Waals surface area contributed by atoms with Crippen LogP contribution in [0, 0.1) is 27.7 Å². The zero-order valence-electron chi connectivity index (χ0n) is 19.7. The normalized spacial score (nSPS) is 11.1. The number of amides is 2. The van der Waals surface area contributed by atoms with Crippen LogP contribution in [0.25, 0.3) is 10.2 Å². The van der Waals surface area contributed by atoms with Crippen LogP contribution >= 0.6 is 23.1 Å². The van der Waals surface area contributed by atoms with Crippen molar-refractivity contribution in [1.29, 1.82) is 0 Å². The third-order valence-corrected chi connectivity index (χ3v) is 7.59. The van der Waals surface area contributed by atoms with Gasteiger partial charge in [-0.1, -0.05) is 43.3 Å². The van der Waals surface area contributed by atoms with Gasteiger partial charge < -0.3 is 10.6 Å². The van der Waals surface area contributed by atoms with E-state index >= 15 is 0 Å². The van der Waals surface area contributed by atoms with Gasteiger partial charge in [-0.15, -0.1) is 11.3 Å². The minimum atomic E-state index is -0.286. The smallest absolute Gasteiger partial charge is 0.263 e. The summed E-state index contributed by atoms with van der Waals surface area (Å²) in [5, 5.41) is 6.72. The van der Waals surface area contributed by atoms with Crippen molar-refractivity contribution in [2.24, 2.45) is 0 Å². The van der Waals surface area contributed by atoms with Gasteiger partial charge in [-0.05, 0) is 50.8 Å². The molecule has 0 unspecified atom stereocenters. The zero-order chi connectivity index (χ0) is 24.1. The van der Waals surface area contributed by atoms with Crippen LogP contribution in [-0.2, 0) is 16.1 Å². The Labute approximate surface area is 202 Å². The second-order valence-electron chi connectivity index (χ2n) is 8.05. The molecule has 9 heteroatoms. The van der Waals surface area contributed by atoms with E-state index in [2.05, 4.69) is 17.6 Å². The summed E-state index contributed by atoms with van der Waals surface area (Å²) in [6, 6.07) is 5.79. The van der Waals surface area contributed by atoms with E-state index in [1.165, 1.54) is 23.1 Å². The maximum absolute atomic E-state index is 13.1. The molecule has 0 fully saturated rings. The molecular formula is C24H30N4O3S2. The van der Waals surface area contributed by atoms with Crippen LogP contribution in [0.1, 0.15) is 41.3 Å². The summed E-state index contributed by atoms with van der Waals surface area (Å²) < 4.78 is 1.68. The maximum atomic E-state index is 13.1. The summed E-state index contributed by atoms with van der Waals surface area (Å²) in [7, 11) is 0. The van der Waals surface area contributed by atoms with E-state index < -0.39 is 0 Å². The molecule has 7 nitrogen and oxygen atoms in total. The Balaban J connectivity index is 1.66. The molecule has 0 bridgehead atoms. The summed E-state index contributed by atoms with van der Waals surface area (Å²) in [5.41, 5.74) is 3.63. The number of carbonyl (C=O) groups excluding carboxylic acids is 2. The van der Waals surface area contributed by atoms with E-state index in [1.54, 1.807) is 4.57 Å². The molecule has 0 spiro atoms. The van der Waals surface area contributed by atoms with Crippen LogP contribution in [0.3, 0.4) is 0 Å². The fourth-order valence-electron chi connectivity index (χ4n) is 3.49. The van der Waals surface area contributed by atoms with Gasteiger partial charge >= 0.3 is 0 Å². The number of nitrogens with zero attached hydrogens (tertiary/aromatic N) is 2. The highest BCUT2D eigenvalue weighted by Crippen LogP contribution is 2.28. The molecule has 3 aromatic rings. The maximum Gasteiger partial charge on any atom is 0.263 e. The van der Waals surface area contributed by atoms with E-state index in [1.807, 2.05) is 45.9 Å². The monoisotopic (exact) mass is 486 g/mol. The first-order valence-electron chi connectivity index (χ1n) is 11.0. The van der Waals surface area contributed by atoms with Gasteiger partial charge in [0.05, 0.1) is 17.7 Å². The number of hydrogen-bond donors (Lipinski definition) is 2. The molecule has 2 aromatic heterocycles. The molecular weight excluding hydrogens is 456 g/mol. The van der Waals surface area contributed by atoms with Crippen LogP contribution in [-0.4, -0.2) is 33.7 Å². The first-order chi connectivity index (χ1) is 15.7. The number of nitrogens with one attached hydrogen (secondary N) is 2. The quantitative estimate of drug-likeness (QED) is 0.347. The number of benzene rings is 1. The van der Waals surface area contributed by atoms with Gasteiger partial charge in [0.25, 0.3) is 5.56 Å². The van der Waals surface area contributed by atoms with E-state index in [0.717, 1.165) is 40.1 Å². The van der Waals surface area contributed by atoms with E-state index in [-0.39, 0.29) is 29.7 Å². The predicted molar refractivity (Wildman–Crippen MR) is 137 cm³/mol. The minimum absolute atomic E-state index is 0.0498. The van der Waals surface area contributed by atoms with Crippen molar-refractivity contribution in [3.8, 4) is 0 Å². The molecule has 176 valence electrons. The van der Waals surface area contributed by atoms with Crippen molar-refractivity contribution in [1.82, 2.24) is 14.9 Å². The number of anilines is 1. The molecule has 1 aromatic carbocycles. The number of para-hydroxylation sites is 1. The molecule has 0 saturated carbocycles. The van der Waals surface area contributed by atoms with E-state index in [9.17, 15) is 14.4 Å². The lowest BCUT2D eigenvalue weighted by molar-refractivity contribution is -0.122. The second-order valence-corrected chi connectivity index (χ2v) is 10.2. The Bertz CT molecular complexity index is 1230. The molecule has 2 N–H and O–H groups in total. The highest BCUT2D eigenvalue weighted by atomic mass is 32.2. The molecule has 0 atom stereocenters. The third kappa shape index (κ3) is 5.83. The van der Waals surface area contributed by atoms with Gasteiger partial charge in [-0.25, -0.2) is 4.98 Å². The Hall–Kier alpha value is -2.65. The number of carbonyl (C=O) groups is 2. The van der Waals surface area contributed by atoms with Crippen LogP contribution in [0.15, 0.2) is 28.2 Å². The van der Waals surface area contributed by atoms with E-state index in [4.69, 9.17) is 4.98 Å². The van der Waals surface area contributed by atoms with Crippen molar-refractivity contribution < 1.29 is 9.59 Å². The Kier molecular flexibility index (Phi) is 8.31. The second kappa shape index (κ2) is 11.0. The molecule has 0 aliphatic heterocycles. The molecule has 33 heavy (non-hydrogen) atoms.